The van der Waals surface area contributed by atoms with Gasteiger partial charge in [0.15, 0.2) is 0 Å². The number of carbonyl (C=O) groups excluding carboxylic acids is 1. The Hall–Kier alpha value is -0.910. The number of aliphatic hydroxyl groups is 1. The molecule has 0 rings (SSSR count). The molecule has 0 spiro atoms. The maximum absolute atomic E-state index is 11.3. The molecule has 0 aromatic heterocycles. The fourth-order valence-corrected chi connectivity index (χ4v) is 3.20. The highest BCUT2D eigenvalue weighted by Gasteiger charge is 2.19. The van der Waals surface area contributed by atoms with Gasteiger partial charge in [-0.05, 0) is 26.2 Å². The van der Waals surface area contributed by atoms with Crippen molar-refractivity contribution in [1.82, 2.24) is 0 Å². The number of hydrogen-bond acceptors (Lipinski definition) is 5. The van der Waals surface area contributed by atoms with Crippen molar-refractivity contribution in [3.8, 4) is 0 Å². The first-order valence-corrected chi connectivity index (χ1v) is 11.3. The number of methoxy groups -OCH3 is 1. The Kier molecular flexibility index (Phi) is 20.1. The summed E-state index contributed by atoms with van der Waals surface area (Å²) in [6.45, 7) is 4.59. The molecule has 2 atom stereocenters. The summed E-state index contributed by atoms with van der Waals surface area (Å²) in [5, 5.41) is 10.4. The molecule has 5 heteroatoms. The van der Waals surface area contributed by atoms with Gasteiger partial charge < -0.3 is 19.3 Å². The van der Waals surface area contributed by atoms with Crippen LogP contribution in [0.5, 0.6) is 0 Å². The van der Waals surface area contributed by atoms with E-state index in [1.54, 1.807) is 20.1 Å². The second kappa shape index (κ2) is 20.8. The SMILES string of the molecule is CCCCCCCCCCCC[C@@H](OCOC)[C@H](O)CC/C=C/C(=O)OCC. The zero-order valence-corrected chi connectivity index (χ0v) is 18.5. The van der Waals surface area contributed by atoms with E-state index in [2.05, 4.69) is 6.92 Å². The number of allylic oxidation sites excluding steroid dienone is 1. The van der Waals surface area contributed by atoms with E-state index in [4.69, 9.17) is 14.2 Å². The van der Waals surface area contributed by atoms with Crippen molar-refractivity contribution in [2.75, 3.05) is 20.5 Å². The molecule has 166 valence electrons. The first kappa shape index (κ1) is 27.1. The Bertz CT molecular complexity index is 370. The van der Waals surface area contributed by atoms with E-state index in [1.165, 1.54) is 63.9 Å². The van der Waals surface area contributed by atoms with Crippen LogP contribution in [0.25, 0.3) is 0 Å². The van der Waals surface area contributed by atoms with Crippen LogP contribution in [0.4, 0.5) is 0 Å². The molecule has 0 amide bonds. The van der Waals surface area contributed by atoms with E-state index >= 15 is 0 Å². The lowest BCUT2D eigenvalue weighted by molar-refractivity contribution is -0.137. The Morgan fingerprint density at radius 3 is 2.11 bits per heavy atom. The third-order valence-electron chi connectivity index (χ3n) is 4.84. The lowest BCUT2D eigenvalue weighted by atomic mass is 10.0. The molecule has 5 nitrogen and oxygen atoms in total. The largest absolute Gasteiger partial charge is 0.463 e. The minimum absolute atomic E-state index is 0.193. The molecule has 0 unspecified atom stereocenters. The highest BCUT2D eigenvalue weighted by atomic mass is 16.7. The molecule has 0 fully saturated rings. The van der Waals surface area contributed by atoms with Gasteiger partial charge in [0.25, 0.3) is 0 Å². The lowest BCUT2D eigenvalue weighted by Crippen LogP contribution is -2.29. The fourth-order valence-electron chi connectivity index (χ4n) is 3.20. The lowest BCUT2D eigenvalue weighted by Gasteiger charge is -2.22. The summed E-state index contributed by atoms with van der Waals surface area (Å²) in [4.78, 5) is 11.3. The number of ether oxygens (including phenoxy) is 3. The van der Waals surface area contributed by atoms with Gasteiger partial charge in [0.05, 0.1) is 18.8 Å². The maximum atomic E-state index is 11.3. The number of carbonyl (C=O) groups is 1. The molecule has 1 N–H and O–H groups in total. The van der Waals surface area contributed by atoms with Gasteiger partial charge in [0.1, 0.15) is 6.79 Å². The van der Waals surface area contributed by atoms with Crippen LogP contribution in [0.3, 0.4) is 0 Å². The predicted octanol–water partition coefficient (Wildman–Crippen LogP) is 5.55. The van der Waals surface area contributed by atoms with E-state index in [9.17, 15) is 9.90 Å². The van der Waals surface area contributed by atoms with Gasteiger partial charge in [-0.15, -0.1) is 0 Å². The van der Waals surface area contributed by atoms with Crippen molar-refractivity contribution >= 4 is 5.97 Å². The van der Waals surface area contributed by atoms with Gasteiger partial charge in [0, 0.05) is 13.2 Å². The highest BCUT2D eigenvalue weighted by Crippen LogP contribution is 2.17. The molecule has 28 heavy (non-hydrogen) atoms. The summed E-state index contributed by atoms with van der Waals surface area (Å²) in [7, 11) is 1.59. The molecular formula is C23H44O5. The second-order valence-electron chi connectivity index (χ2n) is 7.38. The van der Waals surface area contributed by atoms with Crippen LogP contribution in [0.15, 0.2) is 12.2 Å². The Morgan fingerprint density at radius 2 is 1.54 bits per heavy atom. The van der Waals surface area contributed by atoms with Crippen molar-refractivity contribution in [3.63, 3.8) is 0 Å². The van der Waals surface area contributed by atoms with Gasteiger partial charge in [-0.3, -0.25) is 0 Å². The summed E-state index contributed by atoms with van der Waals surface area (Å²) in [5.41, 5.74) is 0. The second-order valence-corrected chi connectivity index (χ2v) is 7.38. The molecule has 0 saturated carbocycles. The molecule has 0 bridgehead atoms. The number of esters is 1. The minimum atomic E-state index is -0.555. The fraction of sp³-hybridized carbons (Fsp3) is 0.870. The Balaban J connectivity index is 3.91. The van der Waals surface area contributed by atoms with Crippen LogP contribution >= 0.6 is 0 Å². The van der Waals surface area contributed by atoms with Crippen LogP contribution in [0, 0.1) is 0 Å². The first-order valence-electron chi connectivity index (χ1n) is 11.3. The van der Waals surface area contributed by atoms with Gasteiger partial charge in [-0.25, -0.2) is 4.79 Å². The average Bonchev–Trinajstić information content (AvgIpc) is 2.69. The minimum Gasteiger partial charge on any atom is -0.463 e. The zero-order valence-electron chi connectivity index (χ0n) is 18.5. The smallest absolute Gasteiger partial charge is 0.330 e. The highest BCUT2D eigenvalue weighted by molar-refractivity contribution is 5.81. The molecule has 0 saturated heterocycles. The van der Waals surface area contributed by atoms with Crippen molar-refractivity contribution in [2.45, 2.75) is 110 Å². The average molecular weight is 401 g/mol. The molecule has 0 aromatic rings. The van der Waals surface area contributed by atoms with Crippen LogP contribution in [0.2, 0.25) is 0 Å². The van der Waals surface area contributed by atoms with Crippen molar-refractivity contribution in [2.24, 2.45) is 0 Å². The van der Waals surface area contributed by atoms with Crippen LogP contribution < -0.4 is 0 Å². The topological polar surface area (TPSA) is 65.0 Å². The molecule has 0 aliphatic rings. The summed E-state index contributed by atoms with van der Waals surface area (Å²) in [5.74, 6) is -0.338. The third kappa shape index (κ3) is 17.2. The maximum Gasteiger partial charge on any atom is 0.330 e. The quantitative estimate of drug-likeness (QED) is 0.126. The van der Waals surface area contributed by atoms with E-state index < -0.39 is 6.10 Å². The number of rotatable bonds is 20. The molecule has 0 aliphatic heterocycles. The van der Waals surface area contributed by atoms with E-state index in [1.807, 2.05) is 0 Å². The third-order valence-corrected chi connectivity index (χ3v) is 4.84. The molecule has 0 heterocycles. The van der Waals surface area contributed by atoms with Crippen LogP contribution in [0.1, 0.15) is 97.3 Å². The summed E-state index contributed by atoms with van der Waals surface area (Å²) >= 11 is 0. The van der Waals surface area contributed by atoms with Crippen molar-refractivity contribution in [3.05, 3.63) is 12.2 Å². The number of aliphatic hydroxyl groups excluding tert-OH is 1. The van der Waals surface area contributed by atoms with Gasteiger partial charge >= 0.3 is 5.97 Å². The van der Waals surface area contributed by atoms with E-state index in [-0.39, 0.29) is 18.9 Å². The van der Waals surface area contributed by atoms with E-state index in [0.29, 0.717) is 19.4 Å². The van der Waals surface area contributed by atoms with Gasteiger partial charge in [-0.2, -0.15) is 0 Å². The first-order chi connectivity index (χ1) is 13.7. The van der Waals surface area contributed by atoms with E-state index in [0.717, 1.165) is 12.8 Å². The summed E-state index contributed by atoms with van der Waals surface area (Å²) in [6.07, 6.45) is 17.3. The zero-order chi connectivity index (χ0) is 20.9. The van der Waals surface area contributed by atoms with Crippen molar-refractivity contribution in [1.29, 1.82) is 0 Å². The standard InChI is InChI=1S/C23H44O5/c1-4-6-7-8-9-10-11-12-13-14-18-22(28-20-26-3)21(24)17-15-16-19-23(25)27-5-2/h16,19,21-22,24H,4-15,17-18,20H2,1-3H3/b19-16+/t21-,22-/m1/s1. The molecule has 0 radical (unpaired) electrons. The predicted molar refractivity (Wildman–Crippen MR) is 114 cm³/mol. The summed E-state index contributed by atoms with van der Waals surface area (Å²) < 4.78 is 15.5. The monoisotopic (exact) mass is 400 g/mol. The number of unbranched alkanes of at least 4 members (excludes halogenated alkanes) is 9. The molecular weight excluding hydrogens is 356 g/mol. The van der Waals surface area contributed by atoms with Gasteiger partial charge in [0.2, 0.25) is 0 Å². The van der Waals surface area contributed by atoms with Crippen LogP contribution in [-0.4, -0.2) is 43.8 Å². The molecule has 0 aliphatic carbocycles. The Morgan fingerprint density at radius 1 is 0.929 bits per heavy atom. The Labute approximate surface area is 172 Å². The van der Waals surface area contributed by atoms with Gasteiger partial charge in [-0.1, -0.05) is 77.2 Å². The summed E-state index contributed by atoms with van der Waals surface area (Å²) in [6, 6.07) is 0. The van der Waals surface area contributed by atoms with Crippen LogP contribution in [-0.2, 0) is 19.0 Å². The normalized spacial score (nSPS) is 13.7. The number of hydrogen-bond donors (Lipinski definition) is 1. The van der Waals surface area contributed by atoms with Crippen molar-refractivity contribution < 1.29 is 24.1 Å². The molecule has 0 aromatic carbocycles.